The molecule has 0 N–H and O–H groups in total. The molecule has 1 saturated heterocycles. The Morgan fingerprint density at radius 3 is 2.73 bits per heavy atom. The molecule has 4 nitrogen and oxygen atoms in total. The summed E-state index contributed by atoms with van der Waals surface area (Å²) >= 11 is 0. The zero-order valence-electron chi connectivity index (χ0n) is 12.6. The van der Waals surface area contributed by atoms with Crippen molar-refractivity contribution in [2.75, 3.05) is 13.2 Å². The van der Waals surface area contributed by atoms with Crippen molar-refractivity contribution in [3.63, 3.8) is 0 Å². The van der Waals surface area contributed by atoms with Crippen LogP contribution in [0.15, 0.2) is 12.7 Å². The highest BCUT2D eigenvalue weighted by Crippen LogP contribution is 2.57. The summed E-state index contributed by atoms with van der Waals surface area (Å²) in [6, 6.07) is 0. The topological polar surface area (TPSA) is 44.8 Å². The highest BCUT2D eigenvalue weighted by Gasteiger charge is 2.67. The lowest BCUT2D eigenvalue weighted by atomic mass is 9.80. The first-order chi connectivity index (χ1) is 10.3. The normalized spacial score (nSPS) is 32.5. The predicted molar refractivity (Wildman–Crippen MR) is 72.0 cm³/mol. The summed E-state index contributed by atoms with van der Waals surface area (Å²) in [5.41, 5.74) is -1.14. The minimum atomic E-state index is -4.49. The quantitative estimate of drug-likeness (QED) is 0.556. The van der Waals surface area contributed by atoms with E-state index in [2.05, 4.69) is 6.58 Å². The minimum absolute atomic E-state index is 0.0210. The minimum Gasteiger partial charge on any atom is -0.461 e. The first-order valence-corrected chi connectivity index (χ1v) is 7.48. The Morgan fingerprint density at radius 2 is 2.14 bits per heavy atom. The summed E-state index contributed by atoms with van der Waals surface area (Å²) in [6.07, 6.45) is -3.68. The fraction of sp³-hybridized carbons (Fsp3) is 0.800. The Kier molecular flexibility index (Phi) is 4.87. The second kappa shape index (κ2) is 6.20. The van der Waals surface area contributed by atoms with E-state index in [1.165, 1.54) is 13.0 Å². The standard InChI is InChI=1S/C15H21F3O4/c1-3-9-20-12(19)13-6-5-7-14(13,21-10-8-13)22-11(4-2)15(16,17)18/h3,11H,1,4-10H2,2H3. The molecule has 1 aliphatic heterocycles. The van der Waals surface area contributed by atoms with E-state index in [-0.39, 0.29) is 26.1 Å². The van der Waals surface area contributed by atoms with Crippen LogP contribution in [0.2, 0.25) is 0 Å². The van der Waals surface area contributed by atoms with E-state index >= 15 is 0 Å². The van der Waals surface area contributed by atoms with Gasteiger partial charge in [0.1, 0.15) is 12.0 Å². The van der Waals surface area contributed by atoms with Crippen molar-refractivity contribution in [1.82, 2.24) is 0 Å². The molecular weight excluding hydrogens is 301 g/mol. The van der Waals surface area contributed by atoms with Crippen LogP contribution in [0.1, 0.15) is 39.0 Å². The SMILES string of the molecule is C=CCOC(=O)C12CCCC1(OC(CC)C(F)(F)F)OCC2. The summed E-state index contributed by atoms with van der Waals surface area (Å²) in [4.78, 5) is 12.4. The fourth-order valence-electron chi connectivity index (χ4n) is 3.42. The number of hydrogen-bond acceptors (Lipinski definition) is 4. The van der Waals surface area contributed by atoms with E-state index in [0.717, 1.165) is 0 Å². The second-order valence-corrected chi connectivity index (χ2v) is 5.73. The van der Waals surface area contributed by atoms with E-state index in [1.54, 1.807) is 0 Å². The lowest BCUT2D eigenvalue weighted by Gasteiger charge is -2.39. The second-order valence-electron chi connectivity index (χ2n) is 5.73. The molecular formula is C15H21F3O4. The van der Waals surface area contributed by atoms with Crippen molar-refractivity contribution in [2.24, 2.45) is 5.41 Å². The van der Waals surface area contributed by atoms with E-state index in [0.29, 0.717) is 19.3 Å². The molecule has 0 spiro atoms. The molecule has 0 aromatic carbocycles. The Hall–Kier alpha value is -1.08. The van der Waals surface area contributed by atoms with Gasteiger partial charge in [0.2, 0.25) is 0 Å². The van der Waals surface area contributed by atoms with Crippen LogP contribution in [-0.4, -0.2) is 37.3 Å². The van der Waals surface area contributed by atoms with Crippen molar-refractivity contribution in [1.29, 1.82) is 0 Å². The van der Waals surface area contributed by atoms with Gasteiger partial charge in [-0.1, -0.05) is 19.6 Å². The maximum Gasteiger partial charge on any atom is 0.414 e. The zero-order chi connectivity index (χ0) is 16.4. The van der Waals surface area contributed by atoms with E-state index < -0.39 is 29.5 Å². The average Bonchev–Trinajstić information content (AvgIpc) is 2.96. The van der Waals surface area contributed by atoms with Crippen LogP contribution in [0.25, 0.3) is 0 Å². The highest BCUT2D eigenvalue weighted by atomic mass is 19.4. The number of carbonyl (C=O) groups is 1. The van der Waals surface area contributed by atoms with E-state index in [4.69, 9.17) is 14.2 Å². The van der Waals surface area contributed by atoms with Gasteiger partial charge in [0.25, 0.3) is 0 Å². The number of ether oxygens (including phenoxy) is 3. The van der Waals surface area contributed by atoms with Gasteiger partial charge in [0, 0.05) is 6.42 Å². The smallest absolute Gasteiger partial charge is 0.414 e. The van der Waals surface area contributed by atoms with Crippen molar-refractivity contribution >= 4 is 5.97 Å². The van der Waals surface area contributed by atoms with Crippen molar-refractivity contribution < 1.29 is 32.2 Å². The maximum absolute atomic E-state index is 13.0. The molecule has 126 valence electrons. The van der Waals surface area contributed by atoms with Gasteiger partial charge in [-0.05, 0) is 25.7 Å². The fourth-order valence-corrected chi connectivity index (χ4v) is 3.42. The van der Waals surface area contributed by atoms with Crippen LogP contribution in [-0.2, 0) is 19.0 Å². The molecule has 2 aliphatic rings. The molecule has 1 aliphatic carbocycles. The van der Waals surface area contributed by atoms with E-state index in [9.17, 15) is 18.0 Å². The summed E-state index contributed by atoms with van der Waals surface area (Å²) in [7, 11) is 0. The Balaban J connectivity index is 2.26. The Morgan fingerprint density at radius 1 is 1.41 bits per heavy atom. The van der Waals surface area contributed by atoms with Crippen molar-refractivity contribution in [3.05, 3.63) is 12.7 Å². The molecule has 3 unspecified atom stereocenters. The molecule has 0 bridgehead atoms. The lowest BCUT2D eigenvalue weighted by Crippen LogP contribution is -2.52. The van der Waals surface area contributed by atoms with E-state index in [1.807, 2.05) is 0 Å². The zero-order valence-corrected chi connectivity index (χ0v) is 12.6. The van der Waals surface area contributed by atoms with Crippen LogP contribution < -0.4 is 0 Å². The first-order valence-electron chi connectivity index (χ1n) is 7.48. The molecule has 0 aromatic heterocycles. The third-order valence-electron chi connectivity index (χ3n) is 4.49. The molecule has 22 heavy (non-hydrogen) atoms. The number of hydrogen-bond donors (Lipinski definition) is 0. The van der Waals surface area contributed by atoms with Gasteiger partial charge in [-0.25, -0.2) is 0 Å². The summed E-state index contributed by atoms with van der Waals surface area (Å²) in [5.74, 6) is -2.08. The number of carbonyl (C=O) groups excluding carboxylic acids is 1. The monoisotopic (exact) mass is 322 g/mol. The maximum atomic E-state index is 13.0. The van der Waals surface area contributed by atoms with Gasteiger partial charge in [-0.3, -0.25) is 4.79 Å². The van der Waals surface area contributed by atoms with Crippen LogP contribution in [0.4, 0.5) is 13.2 Å². The number of esters is 1. The first kappa shape index (κ1) is 17.3. The summed E-state index contributed by atoms with van der Waals surface area (Å²) in [5, 5.41) is 0. The molecule has 7 heteroatoms. The number of fused-ring (bicyclic) bond motifs is 1. The van der Waals surface area contributed by atoms with Crippen molar-refractivity contribution in [2.45, 2.75) is 57.1 Å². The molecule has 2 rings (SSSR count). The predicted octanol–water partition coefficient (Wildman–Crippen LogP) is 3.36. The number of alkyl halides is 3. The summed E-state index contributed by atoms with van der Waals surface area (Å²) in [6.45, 7) is 5.08. The lowest BCUT2D eigenvalue weighted by molar-refractivity contribution is -0.324. The van der Waals surface area contributed by atoms with Gasteiger partial charge in [0.15, 0.2) is 11.9 Å². The molecule has 0 radical (unpaired) electrons. The largest absolute Gasteiger partial charge is 0.461 e. The van der Waals surface area contributed by atoms with Gasteiger partial charge in [-0.15, -0.1) is 0 Å². The van der Waals surface area contributed by atoms with Gasteiger partial charge in [0.05, 0.1) is 6.61 Å². The Bertz CT molecular complexity index is 423. The molecule has 0 amide bonds. The highest BCUT2D eigenvalue weighted by molar-refractivity contribution is 5.79. The third-order valence-corrected chi connectivity index (χ3v) is 4.49. The molecule has 3 atom stereocenters. The molecule has 2 fully saturated rings. The average molecular weight is 322 g/mol. The van der Waals surface area contributed by atoms with Gasteiger partial charge < -0.3 is 14.2 Å². The van der Waals surface area contributed by atoms with Crippen LogP contribution >= 0.6 is 0 Å². The van der Waals surface area contributed by atoms with Gasteiger partial charge in [-0.2, -0.15) is 13.2 Å². The molecule has 1 heterocycles. The number of halogens is 3. The number of rotatable bonds is 6. The van der Waals surface area contributed by atoms with Crippen LogP contribution in [0.3, 0.4) is 0 Å². The Labute approximate surface area is 127 Å². The van der Waals surface area contributed by atoms with Crippen LogP contribution in [0.5, 0.6) is 0 Å². The third kappa shape index (κ3) is 2.76. The van der Waals surface area contributed by atoms with Crippen molar-refractivity contribution in [3.8, 4) is 0 Å². The van der Waals surface area contributed by atoms with Gasteiger partial charge >= 0.3 is 12.1 Å². The molecule has 1 saturated carbocycles. The summed E-state index contributed by atoms with van der Waals surface area (Å²) < 4.78 is 55.2. The molecule has 0 aromatic rings. The van der Waals surface area contributed by atoms with Crippen LogP contribution in [0, 0.1) is 5.41 Å².